The summed E-state index contributed by atoms with van der Waals surface area (Å²) >= 11 is 0. The van der Waals surface area contributed by atoms with Crippen molar-refractivity contribution in [2.75, 3.05) is 36.8 Å². The molecule has 1 aliphatic heterocycles. The Labute approximate surface area is 214 Å². The maximum absolute atomic E-state index is 13.1. The van der Waals surface area contributed by atoms with Crippen molar-refractivity contribution in [1.29, 1.82) is 0 Å². The minimum Gasteiger partial charge on any atom is -0.492 e. The van der Waals surface area contributed by atoms with Crippen molar-refractivity contribution in [2.24, 2.45) is 0 Å². The molecule has 0 aliphatic carbocycles. The molecular weight excluding hydrogens is 535 g/mol. The van der Waals surface area contributed by atoms with E-state index in [0.29, 0.717) is 29.2 Å². The summed E-state index contributed by atoms with van der Waals surface area (Å²) in [6.07, 6.45) is -2.23. The van der Waals surface area contributed by atoms with Gasteiger partial charge in [-0.2, -0.15) is 17.5 Å². The van der Waals surface area contributed by atoms with E-state index in [-0.39, 0.29) is 23.7 Å². The molecule has 3 rings (SSSR count). The number of hydrogen-bond acceptors (Lipinski definition) is 6. The van der Waals surface area contributed by atoms with E-state index in [1.54, 1.807) is 0 Å². The number of carbonyl (C=O) groups is 1. The van der Waals surface area contributed by atoms with Gasteiger partial charge < -0.3 is 10.1 Å². The van der Waals surface area contributed by atoms with Crippen LogP contribution < -0.4 is 14.4 Å². The Morgan fingerprint density at radius 2 is 1.70 bits per heavy atom. The second-order valence-corrected chi connectivity index (χ2v) is 12.3. The molecule has 1 saturated heterocycles. The average molecular weight is 564 g/mol. The molecule has 204 valence electrons. The van der Waals surface area contributed by atoms with Crippen LogP contribution in [0.2, 0.25) is 0 Å². The fourth-order valence-corrected chi connectivity index (χ4v) is 6.59. The molecule has 1 aliphatic rings. The number of nitrogens with one attached hydrogen (secondary N) is 1. The highest BCUT2D eigenvalue weighted by molar-refractivity contribution is 7.92. The highest BCUT2D eigenvalue weighted by atomic mass is 32.2. The van der Waals surface area contributed by atoms with Gasteiger partial charge in [-0.1, -0.05) is 6.07 Å². The lowest BCUT2D eigenvalue weighted by molar-refractivity contribution is -0.137. The molecule has 0 aromatic heterocycles. The fourth-order valence-electron chi connectivity index (χ4n) is 3.90. The first-order valence-electron chi connectivity index (χ1n) is 11.4. The zero-order valence-corrected chi connectivity index (χ0v) is 21.9. The molecule has 1 atom stereocenters. The monoisotopic (exact) mass is 563 g/mol. The van der Waals surface area contributed by atoms with E-state index in [4.69, 9.17) is 4.74 Å². The lowest BCUT2D eigenvalue weighted by Crippen LogP contribution is -2.48. The Kier molecular flexibility index (Phi) is 8.75. The summed E-state index contributed by atoms with van der Waals surface area (Å²) in [5, 5.41) is 2.50. The number of sulfonamides is 2. The third-order valence-electron chi connectivity index (χ3n) is 5.71. The van der Waals surface area contributed by atoms with Crippen LogP contribution >= 0.6 is 0 Å². The Hall–Kier alpha value is -2.84. The maximum Gasteiger partial charge on any atom is 0.416 e. The summed E-state index contributed by atoms with van der Waals surface area (Å²) in [5.74, 6) is -0.372. The van der Waals surface area contributed by atoms with E-state index >= 15 is 0 Å². The number of ether oxygens (including phenoxy) is 1. The molecule has 9 nitrogen and oxygen atoms in total. The number of amides is 1. The van der Waals surface area contributed by atoms with Gasteiger partial charge in [-0.3, -0.25) is 9.10 Å². The number of halogens is 3. The van der Waals surface area contributed by atoms with Gasteiger partial charge >= 0.3 is 6.18 Å². The van der Waals surface area contributed by atoms with Crippen LogP contribution in [-0.4, -0.2) is 65.6 Å². The molecule has 1 amide bonds. The predicted molar refractivity (Wildman–Crippen MR) is 131 cm³/mol. The summed E-state index contributed by atoms with van der Waals surface area (Å²) in [7, 11) is -7.65. The molecule has 0 spiro atoms. The quantitative estimate of drug-likeness (QED) is 0.445. The van der Waals surface area contributed by atoms with E-state index in [0.717, 1.165) is 31.2 Å². The van der Waals surface area contributed by atoms with Gasteiger partial charge in [0.25, 0.3) is 0 Å². The lowest BCUT2D eigenvalue weighted by Gasteiger charge is -2.28. The van der Waals surface area contributed by atoms with Crippen LogP contribution in [0.25, 0.3) is 0 Å². The molecule has 2 aromatic rings. The van der Waals surface area contributed by atoms with Crippen molar-refractivity contribution in [1.82, 2.24) is 9.62 Å². The summed E-state index contributed by atoms with van der Waals surface area (Å²) in [6.45, 7) is 2.19. The molecule has 1 N–H and O–H groups in total. The molecule has 0 saturated carbocycles. The summed E-state index contributed by atoms with van der Waals surface area (Å²) in [4.78, 5) is 12.8. The van der Waals surface area contributed by atoms with Crippen LogP contribution in [0.4, 0.5) is 18.9 Å². The highest BCUT2D eigenvalue weighted by Gasteiger charge is 2.34. The minimum absolute atomic E-state index is 0.0148. The minimum atomic E-state index is -4.68. The first-order valence-corrected chi connectivity index (χ1v) is 14.7. The molecule has 1 heterocycles. The smallest absolute Gasteiger partial charge is 0.416 e. The van der Waals surface area contributed by atoms with Gasteiger partial charge in [0, 0.05) is 13.1 Å². The van der Waals surface area contributed by atoms with E-state index < -0.39 is 43.7 Å². The van der Waals surface area contributed by atoms with Gasteiger partial charge in [0.2, 0.25) is 26.0 Å². The molecule has 0 unspecified atom stereocenters. The van der Waals surface area contributed by atoms with E-state index in [9.17, 15) is 34.8 Å². The van der Waals surface area contributed by atoms with E-state index in [1.807, 2.05) is 0 Å². The van der Waals surface area contributed by atoms with Crippen molar-refractivity contribution >= 4 is 31.6 Å². The molecule has 0 radical (unpaired) electrons. The number of nitrogens with zero attached hydrogens (tertiary/aromatic N) is 2. The summed E-state index contributed by atoms with van der Waals surface area (Å²) in [5.41, 5.74) is -1.33. The number of anilines is 1. The van der Waals surface area contributed by atoms with Gasteiger partial charge in [0.05, 0.1) is 28.9 Å². The van der Waals surface area contributed by atoms with Crippen LogP contribution in [0.15, 0.2) is 53.4 Å². The van der Waals surface area contributed by atoms with Gasteiger partial charge in [0.15, 0.2) is 0 Å². The number of hydrogen-bond donors (Lipinski definition) is 1. The number of alkyl halides is 3. The van der Waals surface area contributed by atoms with Crippen molar-refractivity contribution < 1.29 is 39.5 Å². The Morgan fingerprint density at radius 1 is 1.08 bits per heavy atom. The van der Waals surface area contributed by atoms with Crippen LogP contribution in [0, 0.1) is 0 Å². The zero-order chi connectivity index (χ0) is 27.4. The Morgan fingerprint density at radius 3 is 2.27 bits per heavy atom. The Balaban J connectivity index is 1.58. The largest absolute Gasteiger partial charge is 0.492 e. The predicted octanol–water partition coefficient (Wildman–Crippen LogP) is 2.84. The molecule has 2 aromatic carbocycles. The van der Waals surface area contributed by atoms with Crippen molar-refractivity contribution in [3.63, 3.8) is 0 Å². The fraction of sp³-hybridized carbons (Fsp3) is 0.435. The van der Waals surface area contributed by atoms with Crippen molar-refractivity contribution in [2.45, 2.75) is 36.9 Å². The highest BCUT2D eigenvalue weighted by Crippen LogP contribution is 2.33. The molecule has 1 fully saturated rings. The van der Waals surface area contributed by atoms with Crippen LogP contribution in [0.3, 0.4) is 0 Å². The van der Waals surface area contributed by atoms with Gasteiger partial charge in [-0.05, 0) is 62.2 Å². The number of carbonyl (C=O) groups excluding carboxylic acids is 1. The normalized spacial score (nSPS) is 15.8. The lowest BCUT2D eigenvalue weighted by atomic mass is 10.2. The standard InChI is InChI=1S/C23H28F3N3O6S2/c1-17(29(36(2,31)32)19-7-5-6-18(16-19)23(24,25)26)22(30)27-12-15-35-20-8-10-21(11-9-20)37(33,34)28-13-3-4-14-28/h5-11,16-17H,3-4,12-15H2,1-2H3,(H,27,30)/t17-/m0/s1. The third kappa shape index (κ3) is 7.14. The zero-order valence-electron chi connectivity index (χ0n) is 20.2. The van der Waals surface area contributed by atoms with Crippen LogP contribution in [0.5, 0.6) is 5.75 Å². The van der Waals surface area contributed by atoms with Crippen molar-refractivity contribution in [3.8, 4) is 5.75 Å². The molecule has 37 heavy (non-hydrogen) atoms. The number of benzene rings is 2. The Bertz CT molecular complexity index is 1310. The second-order valence-electron chi connectivity index (χ2n) is 8.50. The third-order valence-corrected chi connectivity index (χ3v) is 8.87. The number of rotatable bonds is 10. The van der Waals surface area contributed by atoms with Crippen molar-refractivity contribution in [3.05, 3.63) is 54.1 Å². The second kappa shape index (κ2) is 11.3. The molecule has 14 heteroatoms. The van der Waals surface area contributed by atoms with Crippen LogP contribution in [-0.2, 0) is 31.0 Å². The average Bonchev–Trinajstić information content (AvgIpc) is 3.37. The first-order chi connectivity index (χ1) is 17.2. The molecule has 0 bridgehead atoms. The molecular formula is C23H28F3N3O6S2. The van der Waals surface area contributed by atoms with E-state index in [1.165, 1.54) is 41.6 Å². The summed E-state index contributed by atoms with van der Waals surface area (Å²) in [6, 6.07) is 8.23. The first kappa shape index (κ1) is 28.7. The van der Waals surface area contributed by atoms with E-state index in [2.05, 4.69) is 5.32 Å². The van der Waals surface area contributed by atoms with Gasteiger partial charge in [0.1, 0.15) is 18.4 Å². The SMILES string of the molecule is C[C@@H](C(=O)NCCOc1ccc(S(=O)(=O)N2CCCC2)cc1)N(c1cccc(C(F)(F)F)c1)S(C)(=O)=O. The van der Waals surface area contributed by atoms with Gasteiger partial charge in [-0.15, -0.1) is 0 Å². The maximum atomic E-state index is 13.1. The van der Waals surface area contributed by atoms with Gasteiger partial charge in [-0.25, -0.2) is 16.8 Å². The topological polar surface area (TPSA) is 113 Å². The summed E-state index contributed by atoms with van der Waals surface area (Å²) < 4.78 is 96.7. The van der Waals surface area contributed by atoms with Crippen LogP contribution in [0.1, 0.15) is 25.3 Å².